The fourth-order valence-electron chi connectivity index (χ4n) is 5.36. The SMILES string of the molecule is CC1=NO[C@@]2(CC[C@H](C)N3C[C@H]2n2cc(C(=O)NCc4ccc(C)cc4F)c(=O)c(O)c2C3=O)[C@@H]1O. The lowest BCUT2D eigenvalue weighted by molar-refractivity contribution is -0.114. The maximum absolute atomic E-state index is 14.2. The highest BCUT2D eigenvalue weighted by Crippen LogP contribution is 2.46. The summed E-state index contributed by atoms with van der Waals surface area (Å²) >= 11 is 0. The number of fused-ring (bicyclic) bond motifs is 5. The van der Waals surface area contributed by atoms with E-state index in [9.17, 15) is 29.0 Å². The van der Waals surface area contributed by atoms with Crippen LogP contribution < -0.4 is 10.7 Å². The van der Waals surface area contributed by atoms with E-state index in [4.69, 9.17) is 4.84 Å². The molecule has 1 aromatic carbocycles. The van der Waals surface area contributed by atoms with E-state index in [1.54, 1.807) is 19.9 Å². The van der Waals surface area contributed by atoms with Crippen molar-refractivity contribution in [3.63, 3.8) is 0 Å². The molecule has 1 spiro atoms. The lowest BCUT2D eigenvalue weighted by atomic mass is 9.82. The van der Waals surface area contributed by atoms with Crippen LogP contribution in [0.25, 0.3) is 0 Å². The normalized spacial score (nSPS) is 26.8. The molecule has 1 saturated heterocycles. The Bertz CT molecular complexity index is 1370. The number of halogens is 1. The van der Waals surface area contributed by atoms with E-state index in [-0.39, 0.29) is 30.4 Å². The fourth-order valence-corrected chi connectivity index (χ4v) is 5.36. The molecule has 1 aromatic heterocycles. The third-order valence-electron chi connectivity index (χ3n) is 7.54. The Balaban J connectivity index is 1.57. The van der Waals surface area contributed by atoms with Crippen LogP contribution in [-0.4, -0.2) is 61.5 Å². The Kier molecular flexibility index (Phi) is 5.62. The van der Waals surface area contributed by atoms with Crippen molar-refractivity contribution in [1.29, 1.82) is 0 Å². The van der Waals surface area contributed by atoms with Crippen LogP contribution in [0.3, 0.4) is 0 Å². The highest BCUT2D eigenvalue weighted by molar-refractivity contribution is 5.99. The number of benzene rings is 1. The van der Waals surface area contributed by atoms with Gasteiger partial charge in [0.1, 0.15) is 17.5 Å². The van der Waals surface area contributed by atoms with Crippen LogP contribution in [0.2, 0.25) is 0 Å². The molecule has 3 N–H and O–H groups in total. The highest BCUT2D eigenvalue weighted by Gasteiger charge is 2.58. The number of rotatable bonds is 3. The van der Waals surface area contributed by atoms with Crippen molar-refractivity contribution in [2.45, 2.75) is 63.9 Å². The number of amides is 2. The average molecular weight is 499 g/mol. The minimum atomic E-state index is -1.25. The van der Waals surface area contributed by atoms with E-state index in [0.29, 0.717) is 18.6 Å². The number of nitrogens with one attached hydrogen (secondary N) is 1. The summed E-state index contributed by atoms with van der Waals surface area (Å²) in [6.45, 7) is 5.17. The summed E-state index contributed by atoms with van der Waals surface area (Å²) in [5.74, 6) is -2.75. The van der Waals surface area contributed by atoms with Crippen LogP contribution in [0.4, 0.5) is 4.39 Å². The van der Waals surface area contributed by atoms with Crippen molar-refractivity contribution in [3.8, 4) is 5.75 Å². The molecule has 5 rings (SSSR count). The van der Waals surface area contributed by atoms with Crippen molar-refractivity contribution >= 4 is 17.5 Å². The number of aliphatic hydroxyl groups is 1. The molecule has 2 aromatic rings. The molecule has 3 aliphatic rings. The number of aromatic hydroxyl groups is 1. The van der Waals surface area contributed by atoms with E-state index in [1.165, 1.54) is 27.8 Å². The molecule has 2 amide bonds. The Morgan fingerprint density at radius 3 is 2.75 bits per heavy atom. The van der Waals surface area contributed by atoms with E-state index in [0.717, 1.165) is 5.56 Å². The number of aliphatic hydroxyl groups excluding tert-OH is 1. The third kappa shape index (κ3) is 3.48. The quantitative estimate of drug-likeness (QED) is 0.589. The number of aromatic nitrogens is 1. The summed E-state index contributed by atoms with van der Waals surface area (Å²) in [5.41, 5.74) is -1.62. The van der Waals surface area contributed by atoms with Crippen molar-refractivity contribution in [2.75, 3.05) is 6.54 Å². The van der Waals surface area contributed by atoms with Crippen LogP contribution in [0.5, 0.6) is 5.75 Å². The Morgan fingerprint density at radius 2 is 2.08 bits per heavy atom. The van der Waals surface area contributed by atoms with Gasteiger partial charge in [-0.2, -0.15) is 0 Å². The van der Waals surface area contributed by atoms with Crippen LogP contribution in [0.1, 0.15) is 64.7 Å². The molecule has 0 unspecified atom stereocenters. The molecular formula is C25H27FN4O6. The van der Waals surface area contributed by atoms with Crippen LogP contribution >= 0.6 is 0 Å². The molecule has 3 aliphatic heterocycles. The average Bonchev–Trinajstić information content (AvgIpc) is 3.05. The number of aryl methyl sites for hydroxylation is 1. The van der Waals surface area contributed by atoms with E-state index >= 15 is 0 Å². The summed E-state index contributed by atoms with van der Waals surface area (Å²) in [5, 5.41) is 28.4. The molecule has 11 heteroatoms. The predicted molar refractivity (Wildman–Crippen MR) is 126 cm³/mol. The van der Waals surface area contributed by atoms with Gasteiger partial charge in [0.2, 0.25) is 5.43 Å². The first-order chi connectivity index (χ1) is 17.0. The van der Waals surface area contributed by atoms with Gasteiger partial charge in [0.05, 0.1) is 11.8 Å². The molecule has 0 radical (unpaired) electrons. The zero-order valence-electron chi connectivity index (χ0n) is 20.1. The highest BCUT2D eigenvalue weighted by atomic mass is 19.1. The Hall–Kier alpha value is -3.73. The van der Waals surface area contributed by atoms with Crippen LogP contribution in [0, 0.1) is 12.7 Å². The zero-order chi connectivity index (χ0) is 25.9. The van der Waals surface area contributed by atoms with Gasteiger partial charge in [-0.05, 0) is 45.2 Å². The van der Waals surface area contributed by atoms with Crippen molar-refractivity contribution in [2.24, 2.45) is 5.16 Å². The lowest BCUT2D eigenvalue weighted by Crippen LogP contribution is -2.56. The molecular weight excluding hydrogens is 471 g/mol. The first-order valence-electron chi connectivity index (χ1n) is 11.8. The molecule has 4 atom stereocenters. The van der Waals surface area contributed by atoms with Crippen molar-refractivity contribution in [1.82, 2.24) is 14.8 Å². The van der Waals surface area contributed by atoms with E-state index in [2.05, 4.69) is 10.5 Å². The molecule has 190 valence electrons. The largest absolute Gasteiger partial charge is 0.503 e. The fraction of sp³-hybridized carbons (Fsp3) is 0.440. The van der Waals surface area contributed by atoms with Gasteiger partial charge in [0, 0.05) is 30.9 Å². The van der Waals surface area contributed by atoms with Gasteiger partial charge in [0.25, 0.3) is 11.8 Å². The monoisotopic (exact) mass is 498 g/mol. The number of hydrogen-bond acceptors (Lipinski definition) is 7. The van der Waals surface area contributed by atoms with E-state index < -0.39 is 52.1 Å². The van der Waals surface area contributed by atoms with Gasteiger partial charge in [-0.3, -0.25) is 14.4 Å². The number of oxime groups is 1. The molecule has 4 heterocycles. The second kappa shape index (κ2) is 8.44. The van der Waals surface area contributed by atoms with Crippen LogP contribution in [0.15, 0.2) is 34.3 Å². The van der Waals surface area contributed by atoms with Gasteiger partial charge in [-0.1, -0.05) is 17.3 Å². The maximum Gasteiger partial charge on any atom is 0.274 e. The van der Waals surface area contributed by atoms with Gasteiger partial charge in [-0.15, -0.1) is 0 Å². The van der Waals surface area contributed by atoms with Gasteiger partial charge < -0.3 is 29.8 Å². The van der Waals surface area contributed by atoms with Crippen molar-refractivity contribution < 1.29 is 29.0 Å². The Morgan fingerprint density at radius 1 is 1.33 bits per heavy atom. The van der Waals surface area contributed by atoms with E-state index in [1.807, 2.05) is 6.92 Å². The van der Waals surface area contributed by atoms with Gasteiger partial charge in [-0.25, -0.2) is 4.39 Å². The number of carbonyl (C=O) groups excluding carboxylic acids is 2. The molecule has 0 saturated carbocycles. The number of carbonyl (C=O) groups is 2. The topological polar surface area (TPSA) is 133 Å². The third-order valence-corrected chi connectivity index (χ3v) is 7.54. The molecule has 2 bridgehead atoms. The molecule has 10 nitrogen and oxygen atoms in total. The van der Waals surface area contributed by atoms with Crippen LogP contribution in [-0.2, 0) is 11.4 Å². The summed E-state index contributed by atoms with van der Waals surface area (Å²) in [4.78, 5) is 46.6. The van der Waals surface area contributed by atoms with Gasteiger partial charge >= 0.3 is 0 Å². The summed E-state index contributed by atoms with van der Waals surface area (Å²) in [6, 6.07) is 3.59. The van der Waals surface area contributed by atoms with Gasteiger partial charge in [0.15, 0.2) is 17.0 Å². The lowest BCUT2D eigenvalue weighted by Gasteiger charge is -2.43. The zero-order valence-corrected chi connectivity index (χ0v) is 20.1. The first kappa shape index (κ1) is 24.0. The number of nitrogens with zero attached hydrogens (tertiary/aromatic N) is 3. The molecule has 36 heavy (non-hydrogen) atoms. The minimum absolute atomic E-state index is 0.130. The second-order valence-electron chi connectivity index (χ2n) is 9.80. The smallest absolute Gasteiger partial charge is 0.274 e. The number of pyridine rings is 1. The first-order valence-corrected chi connectivity index (χ1v) is 11.8. The summed E-state index contributed by atoms with van der Waals surface area (Å²) in [6.07, 6.45) is 0.973. The second-order valence-corrected chi connectivity index (χ2v) is 9.80. The predicted octanol–water partition coefficient (Wildman–Crippen LogP) is 1.62. The Labute approximate surface area is 206 Å². The minimum Gasteiger partial charge on any atom is -0.503 e. The summed E-state index contributed by atoms with van der Waals surface area (Å²) in [7, 11) is 0. The number of hydrogen-bond donors (Lipinski definition) is 3. The maximum atomic E-state index is 14.2. The summed E-state index contributed by atoms with van der Waals surface area (Å²) < 4.78 is 15.6. The molecule has 0 aliphatic carbocycles. The molecule has 1 fully saturated rings. The standard InChI is InChI=1S/C25H27FN4O6/c1-12-4-5-15(17(26)8-12)9-27-23(34)16-10-30-18-11-29(24(35)19(30)21(32)20(16)31)13(2)6-7-25(18)22(33)14(3)28-36-25/h4-5,8,10,13,18,22,32-33H,6-7,9,11H2,1-3H3,(H,27,34)/t13-,18+,22+,25+/m0/s1. The van der Waals surface area contributed by atoms with Crippen molar-refractivity contribution in [3.05, 3.63) is 62.8 Å².